The standard InChI is InChI=1S/C12H16BrN3O/c1-5-9-11(13)10(16(4)15-9)6-12(3,7-14)8(2)17/h5-6H2,1-4H3. The van der Waals surface area contributed by atoms with Crippen LogP contribution in [-0.2, 0) is 24.7 Å². The zero-order chi connectivity index (χ0) is 13.2. The summed E-state index contributed by atoms with van der Waals surface area (Å²) in [5.41, 5.74) is 0.855. The van der Waals surface area contributed by atoms with Crippen LogP contribution in [0.1, 0.15) is 32.2 Å². The number of nitrogens with zero attached hydrogens (tertiary/aromatic N) is 3. The molecule has 0 aliphatic rings. The predicted octanol–water partition coefficient (Wildman–Crippen LogP) is 2.41. The lowest BCUT2D eigenvalue weighted by atomic mass is 9.83. The van der Waals surface area contributed by atoms with E-state index in [0.717, 1.165) is 22.3 Å². The highest BCUT2D eigenvalue weighted by Gasteiger charge is 2.32. The Kier molecular flexibility index (Phi) is 4.10. The Morgan fingerprint density at radius 1 is 1.65 bits per heavy atom. The van der Waals surface area contributed by atoms with Gasteiger partial charge in [0.25, 0.3) is 0 Å². The molecule has 1 atom stereocenters. The lowest BCUT2D eigenvalue weighted by Crippen LogP contribution is -2.27. The summed E-state index contributed by atoms with van der Waals surface area (Å²) >= 11 is 3.49. The van der Waals surface area contributed by atoms with E-state index in [-0.39, 0.29) is 5.78 Å². The SMILES string of the molecule is CCc1nn(C)c(CC(C)(C#N)C(C)=O)c1Br. The first-order valence-corrected chi connectivity index (χ1v) is 6.27. The molecule has 17 heavy (non-hydrogen) atoms. The van der Waals surface area contributed by atoms with E-state index >= 15 is 0 Å². The lowest BCUT2D eigenvalue weighted by Gasteiger charge is -2.18. The van der Waals surface area contributed by atoms with Gasteiger partial charge in [-0.3, -0.25) is 9.48 Å². The molecule has 1 rings (SSSR count). The van der Waals surface area contributed by atoms with E-state index in [1.54, 1.807) is 11.6 Å². The van der Waals surface area contributed by atoms with Crippen molar-refractivity contribution >= 4 is 21.7 Å². The number of hydrogen-bond donors (Lipinski definition) is 0. The molecule has 0 aliphatic carbocycles. The van der Waals surface area contributed by atoms with E-state index in [2.05, 4.69) is 27.1 Å². The van der Waals surface area contributed by atoms with Gasteiger partial charge in [-0.2, -0.15) is 10.4 Å². The minimum atomic E-state index is -0.985. The first kappa shape index (κ1) is 13.9. The van der Waals surface area contributed by atoms with Crippen molar-refractivity contribution in [3.05, 3.63) is 15.9 Å². The molecule has 0 fully saturated rings. The first-order chi connectivity index (χ1) is 7.85. The highest BCUT2D eigenvalue weighted by molar-refractivity contribution is 9.10. The number of rotatable bonds is 4. The van der Waals surface area contributed by atoms with E-state index < -0.39 is 5.41 Å². The van der Waals surface area contributed by atoms with Crippen LogP contribution in [0.4, 0.5) is 0 Å². The van der Waals surface area contributed by atoms with Crippen LogP contribution in [-0.4, -0.2) is 15.6 Å². The largest absolute Gasteiger partial charge is 0.298 e. The third kappa shape index (κ3) is 2.58. The van der Waals surface area contributed by atoms with Crippen LogP contribution in [0.5, 0.6) is 0 Å². The number of hydrogen-bond acceptors (Lipinski definition) is 3. The van der Waals surface area contributed by atoms with Gasteiger partial charge in [-0.05, 0) is 36.2 Å². The second-order valence-electron chi connectivity index (χ2n) is 4.36. The Labute approximate surface area is 110 Å². The van der Waals surface area contributed by atoms with Gasteiger partial charge in [0.05, 0.1) is 21.9 Å². The average molecular weight is 298 g/mol. The maximum Gasteiger partial charge on any atom is 0.150 e. The Bertz CT molecular complexity index is 487. The third-order valence-corrected chi connectivity index (χ3v) is 3.96. The number of aromatic nitrogens is 2. The van der Waals surface area contributed by atoms with Gasteiger partial charge in [0.15, 0.2) is 0 Å². The number of halogens is 1. The van der Waals surface area contributed by atoms with Crippen LogP contribution in [0.15, 0.2) is 4.47 Å². The lowest BCUT2D eigenvalue weighted by molar-refractivity contribution is -0.123. The summed E-state index contributed by atoms with van der Waals surface area (Å²) in [6.45, 7) is 5.14. The van der Waals surface area contributed by atoms with Crippen LogP contribution < -0.4 is 0 Å². The Hall–Kier alpha value is -1.15. The fraction of sp³-hybridized carbons (Fsp3) is 0.583. The number of ketones is 1. The third-order valence-electron chi connectivity index (χ3n) is 3.05. The molecule has 0 amide bonds. The van der Waals surface area contributed by atoms with E-state index in [9.17, 15) is 4.79 Å². The Balaban J connectivity index is 3.16. The molecular formula is C12H16BrN3O. The van der Waals surface area contributed by atoms with Crippen LogP contribution in [0.25, 0.3) is 0 Å². The molecule has 1 unspecified atom stereocenters. The van der Waals surface area contributed by atoms with Crippen molar-refractivity contribution in [1.82, 2.24) is 9.78 Å². The van der Waals surface area contributed by atoms with Crippen molar-refractivity contribution in [3.8, 4) is 6.07 Å². The number of nitriles is 1. The van der Waals surface area contributed by atoms with Crippen molar-refractivity contribution in [3.63, 3.8) is 0 Å². The first-order valence-electron chi connectivity index (χ1n) is 5.48. The molecule has 0 saturated carbocycles. The number of Topliss-reactive ketones (excluding diaryl/α,β-unsaturated/α-hetero) is 1. The molecule has 0 N–H and O–H groups in total. The van der Waals surface area contributed by atoms with Crippen molar-refractivity contribution < 1.29 is 4.79 Å². The molecule has 1 heterocycles. The van der Waals surface area contributed by atoms with Crippen LogP contribution in [0.3, 0.4) is 0 Å². The van der Waals surface area contributed by atoms with Gasteiger partial charge in [-0.15, -0.1) is 0 Å². The molecule has 92 valence electrons. The van der Waals surface area contributed by atoms with Gasteiger partial charge in [-0.25, -0.2) is 0 Å². The van der Waals surface area contributed by atoms with Crippen molar-refractivity contribution in [2.24, 2.45) is 12.5 Å². The average Bonchev–Trinajstić information content (AvgIpc) is 2.55. The van der Waals surface area contributed by atoms with Gasteiger partial charge < -0.3 is 0 Å². The smallest absolute Gasteiger partial charge is 0.150 e. The minimum Gasteiger partial charge on any atom is -0.298 e. The topological polar surface area (TPSA) is 58.7 Å². The molecule has 0 spiro atoms. The fourth-order valence-corrected chi connectivity index (χ4v) is 2.35. The van der Waals surface area contributed by atoms with Crippen molar-refractivity contribution in [2.45, 2.75) is 33.6 Å². The van der Waals surface area contributed by atoms with Gasteiger partial charge in [0, 0.05) is 13.5 Å². The van der Waals surface area contributed by atoms with Gasteiger partial charge in [-0.1, -0.05) is 6.92 Å². The molecule has 0 saturated heterocycles. The fourth-order valence-electron chi connectivity index (χ4n) is 1.59. The highest BCUT2D eigenvalue weighted by Crippen LogP contribution is 2.29. The van der Waals surface area contributed by atoms with E-state index in [0.29, 0.717) is 6.42 Å². The maximum absolute atomic E-state index is 11.5. The molecule has 1 aromatic heterocycles. The van der Waals surface area contributed by atoms with Crippen LogP contribution in [0, 0.1) is 16.7 Å². The molecule has 5 heteroatoms. The second kappa shape index (κ2) is 5.01. The van der Waals surface area contributed by atoms with E-state index in [4.69, 9.17) is 5.26 Å². The number of aryl methyl sites for hydroxylation is 2. The van der Waals surface area contributed by atoms with E-state index in [1.807, 2.05) is 14.0 Å². The molecular weight excluding hydrogens is 282 g/mol. The van der Waals surface area contributed by atoms with Gasteiger partial charge >= 0.3 is 0 Å². The second-order valence-corrected chi connectivity index (χ2v) is 5.15. The van der Waals surface area contributed by atoms with Gasteiger partial charge in [0.2, 0.25) is 0 Å². The Morgan fingerprint density at radius 2 is 2.24 bits per heavy atom. The summed E-state index contributed by atoms with van der Waals surface area (Å²) in [6.07, 6.45) is 1.20. The molecule has 0 radical (unpaired) electrons. The van der Waals surface area contributed by atoms with E-state index in [1.165, 1.54) is 6.92 Å². The summed E-state index contributed by atoms with van der Waals surface area (Å²) in [7, 11) is 1.83. The molecule has 1 aromatic rings. The number of carbonyl (C=O) groups is 1. The quantitative estimate of drug-likeness (QED) is 0.857. The minimum absolute atomic E-state index is 0.119. The summed E-state index contributed by atoms with van der Waals surface area (Å²) in [4.78, 5) is 11.5. The summed E-state index contributed by atoms with van der Waals surface area (Å²) < 4.78 is 2.65. The highest BCUT2D eigenvalue weighted by atomic mass is 79.9. The Morgan fingerprint density at radius 3 is 2.59 bits per heavy atom. The van der Waals surface area contributed by atoms with Crippen molar-refractivity contribution in [2.75, 3.05) is 0 Å². The monoisotopic (exact) mass is 297 g/mol. The normalized spacial score (nSPS) is 14.1. The number of carbonyl (C=O) groups excluding carboxylic acids is 1. The zero-order valence-electron chi connectivity index (χ0n) is 10.5. The zero-order valence-corrected chi connectivity index (χ0v) is 12.1. The van der Waals surface area contributed by atoms with Crippen molar-refractivity contribution in [1.29, 1.82) is 5.26 Å². The predicted molar refractivity (Wildman–Crippen MR) is 68.4 cm³/mol. The van der Waals surface area contributed by atoms with Gasteiger partial charge in [0.1, 0.15) is 11.2 Å². The van der Waals surface area contributed by atoms with Crippen LogP contribution in [0.2, 0.25) is 0 Å². The molecule has 0 aliphatic heterocycles. The molecule has 0 aromatic carbocycles. The molecule has 4 nitrogen and oxygen atoms in total. The van der Waals surface area contributed by atoms with Crippen LogP contribution >= 0.6 is 15.9 Å². The summed E-state index contributed by atoms with van der Waals surface area (Å²) in [5, 5.41) is 13.5. The summed E-state index contributed by atoms with van der Waals surface area (Å²) in [5.74, 6) is -0.119. The summed E-state index contributed by atoms with van der Waals surface area (Å²) in [6, 6.07) is 2.10. The maximum atomic E-state index is 11.5. The molecule has 0 bridgehead atoms.